The standard InChI is InChI=1S/C13H24N4O2/c1-6-19-8-11-15-10(14-4)7-12(16-11)17(5)13(2,3)9-18/h7,18H,6,8-9H2,1-5H3,(H,14,15,16). The van der Waals surface area contributed by atoms with Crippen LogP contribution < -0.4 is 10.2 Å². The summed E-state index contributed by atoms with van der Waals surface area (Å²) in [4.78, 5) is 10.8. The number of aliphatic hydroxyl groups is 1. The highest BCUT2D eigenvalue weighted by atomic mass is 16.5. The van der Waals surface area contributed by atoms with Gasteiger partial charge in [-0.1, -0.05) is 0 Å². The number of hydrogen-bond donors (Lipinski definition) is 2. The van der Waals surface area contributed by atoms with E-state index in [0.29, 0.717) is 19.0 Å². The van der Waals surface area contributed by atoms with Gasteiger partial charge in [-0.05, 0) is 20.8 Å². The lowest BCUT2D eigenvalue weighted by atomic mass is 10.1. The first-order chi connectivity index (χ1) is 8.94. The maximum absolute atomic E-state index is 9.44. The Kier molecular flexibility index (Phi) is 5.50. The molecule has 0 aliphatic rings. The molecule has 0 spiro atoms. The van der Waals surface area contributed by atoms with Gasteiger partial charge in [0.25, 0.3) is 0 Å². The molecule has 19 heavy (non-hydrogen) atoms. The molecule has 0 saturated carbocycles. The van der Waals surface area contributed by atoms with E-state index in [4.69, 9.17) is 4.74 Å². The summed E-state index contributed by atoms with van der Waals surface area (Å²) in [5, 5.41) is 12.5. The molecule has 1 aromatic rings. The molecule has 1 rings (SSSR count). The van der Waals surface area contributed by atoms with E-state index in [1.165, 1.54) is 0 Å². The molecule has 0 unspecified atom stereocenters. The summed E-state index contributed by atoms with van der Waals surface area (Å²) in [5.74, 6) is 2.12. The number of anilines is 2. The third-order valence-electron chi connectivity index (χ3n) is 3.09. The van der Waals surface area contributed by atoms with E-state index in [1.54, 1.807) is 0 Å². The van der Waals surface area contributed by atoms with Crippen LogP contribution in [0.1, 0.15) is 26.6 Å². The summed E-state index contributed by atoms with van der Waals surface area (Å²) in [6, 6.07) is 1.85. The molecule has 0 fully saturated rings. The fourth-order valence-electron chi connectivity index (χ4n) is 1.46. The Morgan fingerprint density at radius 3 is 2.63 bits per heavy atom. The van der Waals surface area contributed by atoms with E-state index < -0.39 is 0 Å². The van der Waals surface area contributed by atoms with Crippen molar-refractivity contribution < 1.29 is 9.84 Å². The SMILES string of the molecule is CCOCc1nc(NC)cc(N(C)C(C)(C)CO)n1. The van der Waals surface area contributed by atoms with Crippen molar-refractivity contribution in [2.45, 2.75) is 32.9 Å². The summed E-state index contributed by atoms with van der Waals surface area (Å²) >= 11 is 0. The third kappa shape index (κ3) is 4.04. The Balaban J connectivity index is 3.05. The molecule has 6 nitrogen and oxygen atoms in total. The van der Waals surface area contributed by atoms with E-state index in [2.05, 4.69) is 15.3 Å². The summed E-state index contributed by atoms with van der Waals surface area (Å²) < 4.78 is 5.35. The molecule has 2 N–H and O–H groups in total. The van der Waals surface area contributed by atoms with Crippen LogP contribution in [0.15, 0.2) is 6.07 Å². The van der Waals surface area contributed by atoms with Crippen molar-refractivity contribution >= 4 is 11.6 Å². The maximum atomic E-state index is 9.44. The van der Waals surface area contributed by atoms with Crippen molar-refractivity contribution in [3.8, 4) is 0 Å². The zero-order valence-electron chi connectivity index (χ0n) is 12.4. The summed E-state index contributed by atoms with van der Waals surface area (Å²) in [6.07, 6.45) is 0. The maximum Gasteiger partial charge on any atom is 0.158 e. The fraction of sp³-hybridized carbons (Fsp3) is 0.692. The molecule has 0 saturated heterocycles. The number of likely N-dealkylation sites (N-methyl/N-ethyl adjacent to an activating group) is 1. The minimum absolute atomic E-state index is 0.0448. The largest absolute Gasteiger partial charge is 0.394 e. The zero-order chi connectivity index (χ0) is 14.5. The quantitative estimate of drug-likeness (QED) is 0.776. The van der Waals surface area contributed by atoms with E-state index >= 15 is 0 Å². The first-order valence-corrected chi connectivity index (χ1v) is 6.42. The molecule has 0 bridgehead atoms. The van der Waals surface area contributed by atoms with Crippen molar-refractivity contribution in [1.29, 1.82) is 0 Å². The van der Waals surface area contributed by atoms with Gasteiger partial charge in [0.15, 0.2) is 5.82 Å². The number of aliphatic hydroxyl groups excluding tert-OH is 1. The Bertz CT molecular complexity index is 410. The summed E-state index contributed by atoms with van der Waals surface area (Å²) in [5.41, 5.74) is -0.387. The minimum atomic E-state index is -0.387. The van der Waals surface area contributed by atoms with Crippen LogP contribution in [0, 0.1) is 0 Å². The highest BCUT2D eigenvalue weighted by Crippen LogP contribution is 2.22. The molecule has 0 radical (unpaired) electrons. The van der Waals surface area contributed by atoms with Gasteiger partial charge < -0.3 is 20.1 Å². The number of nitrogens with zero attached hydrogens (tertiary/aromatic N) is 3. The topological polar surface area (TPSA) is 70.5 Å². The normalized spacial score (nSPS) is 11.5. The molecular weight excluding hydrogens is 244 g/mol. The van der Waals surface area contributed by atoms with Crippen molar-refractivity contribution in [3.05, 3.63) is 11.9 Å². The summed E-state index contributed by atoms with van der Waals surface area (Å²) in [6.45, 7) is 6.90. The molecule has 1 heterocycles. The number of aromatic nitrogens is 2. The molecule has 1 aromatic heterocycles. The smallest absolute Gasteiger partial charge is 0.158 e. The van der Waals surface area contributed by atoms with Crippen LogP contribution in [-0.2, 0) is 11.3 Å². The van der Waals surface area contributed by atoms with Crippen LogP contribution in [0.25, 0.3) is 0 Å². The molecule has 0 aromatic carbocycles. The second-order valence-electron chi connectivity index (χ2n) is 4.94. The molecule has 0 aliphatic carbocycles. The van der Waals surface area contributed by atoms with E-state index in [-0.39, 0.29) is 12.1 Å². The highest BCUT2D eigenvalue weighted by molar-refractivity contribution is 5.50. The average molecular weight is 268 g/mol. The van der Waals surface area contributed by atoms with Gasteiger partial charge >= 0.3 is 0 Å². The van der Waals surface area contributed by atoms with E-state index in [1.807, 2.05) is 45.8 Å². The molecule has 108 valence electrons. The van der Waals surface area contributed by atoms with Crippen LogP contribution in [0.2, 0.25) is 0 Å². The lowest BCUT2D eigenvalue weighted by Crippen LogP contribution is -2.45. The highest BCUT2D eigenvalue weighted by Gasteiger charge is 2.24. The van der Waals surface area contributed by atoms with Gasteiger partial charge in [-0.25, -0.2) is 9.97 Å². The Hall–Kier alpha value is -1.40. The first-order valence-electron chi connectivity index (χ1n) is 6.42. The monoisotopic (exact) mass is 268 g/mol. The number of nitrogens with one attached hydrogen (secondary N) is 1. The molecule has 0 amide bonds. The van der Waals surface area contributed by atoms with Crippen molar-refractivity contribution in [2.24, 2.45) is 0 Å². The molecular formula is C13H24N4O2. The lowest BCUT2D eigenvalue weighted by Gasteiger charge is -2.35. The van der Waals surface area contributed by atoms with Gasteiger partial charge in [-0.2, -0.15) is 0 Å². The van der Waals surface area contributed by atoms with Crippen molar-refractivity contribution in [3.63, 3.8) is 0 Å². The van der Waals surface area contributed by atoms with E-state index in [9.17, 15) is 5.11 Å². The Morgan fingerprint density at radius 2 is 2.11 bits per heavy atom. The first kappa shape index (κ1) is 15.7. The number of hydrogen-bond acceptors (Lipinski definition) is 6. The van der Waals surface area contributed by atoms with Crippen LogP contribution in [0.4, 0.5) is 11.6 Å². The second kappa shape index (κ2) is 6.68. The van der Waals surface area contributed by atoms with Crippen molar-refractivity contribution in [2.75, 3.05) is 37.5 Å². The van der Waals surface area contributed by atoms with E-state index in [0.717, 1.165) is 11.6 Å². The second-order valence-corrected chi connectivity index (χ2v) is 4.94. The number of rotatable bonds is 7. The molecule has 6 heteroatoms. The predicted molar refractivity (Wildman–Crippen MR) is 76.5 cm³/mol. The van der Waals surface area contributed by atoms with Crippen LogP contribution >= 0.6 is 0 Å². The Morgan fingerprint density at radius 1 is 1.42 bits per heavy atom. The van der Waals surface area contributed by atoms with Gasteiger partial charge in [-0.3, -0.25) is 0 Å². The Labute approximate surface area is 114 Å². The molecule has 0 aliphatic heterocycles. The zero-order valence-corrected chi connectivity index (χ0v) is 12.4. The van der Waals surface area contributed by atoms with Gasteiger partial charge in [0.2, 0.25) is 0 Å². The average Bonchev–Trinajstić information content (AvgIpc) is 2.43. The van der Waals surface area contributed by atoms with Gasteiger partial charge in [0.05, 0.1) is 12.1 Å². The third-order valence-corrected chi connectivity index (χ3v) is 3.09. The van der Waals surface area contributed by atoms with Gasteiger partial charge in [0, 0.05) is 26.8 Å². The molecule has 0 atom stereocenters. The minimum Gasteiger partial charge on any atom is -0.394 e. The fourth-order valence-corrected chi connectivity index (χ4v) is 1.46. The van der Waals surface area contributed by atoms with Gasteiger partial charge in [-0.15, -0.1) is 0 Å². The van der Waals surface area contributed by atoms with Crippen LogP contribution in [-0.4, -0.2) is 47.9 Å². The van der Waals surface area contributed by atoms with Crippen LogP contribution in [0.5, 0.6) is 0 Å². The van der Waals surface area contributed by atoms with Gasteiger partial charge in [0.1, 0.15) is 18.2 Å². The lowest BCUT2D eigenvalue weighted by molar-refractivity contribution is 0.128. The predicted octanol–water partition coefficient (Wildman–Crippen LogP) is 1.26. The summed E-state index contributed by atoms with van der Waals surface area (Å²) in [7, 11) is 3.72. The van der Waals surface area contributed by atoms with Crippen LogP contribution in [0.3, 0.4) is 0 Å². The number of ether oxygens (including phenoxy) is 1. The van der Waals surface area contributed by atoms with Crippen molar-refractivity contribution in [1.82, 2.24) is 9.97 Å².